The number of hydrogen-bond donors (Lipinski definition) is 1. The Morgan fingerprint density at radius 3 is 1.85 bits per heavy atom. The molecule has 0 rings (SSSR count). The van der Waals surface area contributed by atoms with Crippen molar-refractivity contribution in [3.63, 3.8) is 0 Å². The molecule has 0 bridgehead atoms. The minimum absolute atomic E-state index is 0.802. The second-order valence-electron chi connectivity index (χ2n) is 4.86. The second-order valence-corrected chi connectivity index (χ2v) is 5.23. The predicted molar refractivity (Wildman–Crippen MR) is 65.5 cm³/mol. The van der Waals surface area contributed by atoms with Crippen LogP contribution in [0.2, 0.25) is 0 Å². The molecule has 0 amide bonds. The maximum atomic E-state index is 4.40. The van der Waals surface area contributed by atoms with Crippen LogP contribution in [-0.4, -0.2) is 5.75 Å². The average molecular weight is 202 g/mol. The Kier molecular flexibility index (Phi) is 7.93. The summed E-state index contributed by atoms with van der Waals surface area (Å²) in [7, 11) is 0. The monoisotopic (exact) mass is 202 g/mol. The molecule has 0 aliphatic carbocycles. The van der Waals surface area contributed by atoms with E-state index in [1.54, 1.807) is 0 Å². The first-order valence-electron chi connectivity index (χ1n) is 5.68. The van der Waals surface area contributed by atoms with Crippen LogP contribution in [0.15, 0.2) is 0 Å². The van der Waals surface area contributed by atoms with Crippen LogP contribution in [0.1, 0.15) is 53.4 Å². The highest BCUT2D eigenvalue weighted by Crippen LogP contribution is 2.20. The molecule has 0 aliphatic rings. The van der Waals surface area contributed by atoms with E-state index >= 15 is 0 Å². The van der Waals surface area contributed by atoms with Crippen molar-refractivity contribution < 1.29 is 0 Å². The second kappa shape index (κ2) is 7.73. The standard InChI is InChI=1S/C12H26S/c1-10(2)7-5-6-8-12(9-13)11(3)4/h10-13H,5-9H2,1-4H3. The summed E-state index contributed by atoms with van der Waals surface area (Å²) in [4.78, 5) is 0. The summed E-state index contributed by atoms with van der Waals surface area (Å²) in [6.45, 7) is 9.23. The van der Waals surface area contributed by atoms with Crippen LogP contribution >= 0.6 is 12.6 Å². The molecule has 1 heteroatoms. The number of rotatable bonds is 7. The van der Waals surface area contributed by atoms with Gasteiger partial charge in [-0.3, -0.25) is 0 Å². The van der Waals surface area contributed by atoms with Gasteiger partial charge < -0.3 is 0 Å². The molecule has 0 saturated carbocycles. The summed E-state index contributed by atoms with van der Waals surface area (Å²) in [5, 5.41) is 0. The molecule has 0 heterocycles. The molecule has 1 atom stereocenters. The molecule has 0 radical (unpaired) electrons. The van der Waals surface area contributed by atoms with Crippen molar-refractivity contribution >= 4 is 12.6 Å². The summed E-state index contributed by atoms with van der Waals surface area (Å²) >= 11 is 4.40. The molecular formula is C12H26S. The lowest BCUT2D eigenvalue weighted by Gasteiger charge is -2.18. The van der Waals surface area contributed by atoms with Crippen LogP contribution in [-0.2, 0) is 0 Å². The lowest BCUT2D eigenvalue weighted by molar-refractivity contribution is 0.377. The van der Waals surface area contributed by atoms with Gasteiger partial charge in [-0.15, -0.1) is 0 Å². The fraction of sp³-hybridized carbons (Fsp3) is 1.00. The van der Waals surface area contributed by atoms with Crippen LogP contribution in [0, 0.1) is 17.8 Å². The molecule has 0 fully saturated rings. The maximum absolute atomic E-state index is 4.40. The Labute approximate surface area is 89.9 Å². The van der Waals surface area contributed by atoms with Crippen LogP contribution in [0.4, 0.5) is 0 Å². The molecule has 0 aromatic heterocycles. The minimum atomic E-state index is 0.802. The Morgan fingerprint density at radius 2 is 1.46 bits per heavy atom. The lowest BCUT2D eigenvalue weighted by Crippen LogP contribution is -2.10. The quantitative estimate of drug-likeness (QED) is 0.459. The van der Waals surface area contributed by atoms with Crippen molar-refractivity contribution in [2.45, 2.75) is 53.4 Å². The van der Waals surface area contributed by atoms with E-state index in [4.69, 9.17) is 0 Å². The van der Waals surface area contributed by atoms with E-state index in [2.05, 4.69) is 40.3 Å². The van der Waals surface area contributed by atoms with Gasteiger partial charge in [-0.1, -0.05) is 47.0 Å². The van der Waals surface area contributed by atoms with Gasteiger partial charge in [-0.2, -0.15) is 12.6 Å². The summed E-state index contributed by atoms with van der Waals surface area (Å²) in [6.07, 6.45) is 5.54. The molecule has 0 aromatic rings. The SMILES string of the molecule is CC(C)CCCCC(CS)C(C)C. The molecular weight excluding hydrogens is 176 g/mol. The van der Waals surface area contributed by atoms with Crippen LogP contribution < -0.4 is 0 Å². The van der Waals surface area contributed by atoms with E-state index in [1.165, 1.54) is 25.7 Å². The zero-order chi connectivity index (χ0) is 10.3. The highest BCUT2D eigenvalue weighted by Gasteiger charge is 2.10. The summed E-state index contributed by atoms with van der Waals surface area (Å²) < 4.78 is 0. The molecule has 0 aliphatic heterocycles. The molecule has 13 heavy (non-hydrogen) atoms. The highest BCUT2D eigenvalue weighted by molar-refractivity contribution is 7.80. The Bertz CT molecular complexity index is 108. The third-order valence-electron chi connectivity index (χ3n) is 2.78. The molecule has 0 saturated heterocycles. The van der Waals surface area contributed by atoms with E-state index in [1.807, 2.05) is 0 Å². The molecule has 80 valence electrons. The molecule has 1 unspecified atom stereocenters. The van der Waals surface area contributed by atoms with Crippen molar-refractivity contribution in [1.82, 2.24) is 0 Å². The predicted octanol–water partition coefficient (Wildman–Crippen LogP) is 4.40. The minimum Gasteiger partial charge on any atom is -0.179 e. The number of hydrogen-bond acceptors (Lipinski definition) is 1. The smallest absolute Gasteiger partial charge is 0.00671 e. The molecule has 0 aromatic carbocycles. The van der Waals surface area contributed by atoms with E-state index in [9.17, 15) is 0 Å². The highest BCUT2D eigenvalue weighted by atomic mass is 32.1. The number of thiol groups is 1. The van der Waals surface area contributed by atoms with Gasteiger partial charge in [0.05, 0.1) is 0 Å². The van der Waals surface area contributed by atoms with Crippen molar-refractivity contribution in [2.75, 3.05) is 5.75 Å². The first-order valence-corrected chi connectivity index (χ1v) is 6.32. The third-order valence-corrected chi connectivity index (χ3v) is 3.25. The van der Waals surface area contributed by atoms with Gasteiger partial charge in [0.15, 0.2) is 0 Å². The summed E-state index contributed by atoms with van der Waals surface area (Å²) in [6, 6.07) is 0. The Balaban J connectivity index is 3.39. The van der Waals surface area contributed by atoms with Gasteiger partial charge >= 0.3 is 0 Å². The normalized spacial score (nSPS) is 14.1. The van der Waals surface area contributed by atoms with Gasteiger partial charge in [-0.05, 0) is 29.9 Å². The topological polar surface area (TPSA) is 0 Å². The fourth-order valence-corrected chi connectivity index (χ4v) is 2.20. The van der Waals surface area contributed by atoms with E-state index in [0.29, 0.717) is 0 Å². The van der Waals surface area contributed by atoms with Crippen LogP contribution in [0.5, 0.6) is 0 Å². The Hall–Kier alpha value is 0.350. The third kappa shape index (κ3) is 7.42. The van der Waals surface area contributed by atoms with E-state index in [-0.39, 0.29) is 0 Å². The fourth-order valence-electron chi connectivity index (χ4n) is 1.59. The lowest BCUT2D eigenvalue weighted by atomic mass is 9.91. The number of unbranched alkanes of at least 4 members (excludes halogenated alkanes) is 1. The van der Waals surface area contributed by atoms with E-state index in [0.717, 1.165) is 23.5 Å². The van der Waals surface area contributed by atoms with Gasteiger partial charge in [0.25, 0.3) is 0 Å². The van der Waals surface area contributed by atoms with Crippen molar-refractivity contribution in [2.24, 2.45) is 17.8 Å². The average Bonchev–Trinajstić information content (AvgIpc) is 2.03. The summed E-state index contributed by atoms with van der Waals surface area (Å²) in [5.41, 5.74) is 0. The van der Waals surface area contributed by atoms with Gasteiger partial charge in [0.2, 0.25) is 0 Å². The molecule has 0 nitrogen and oxygen atoms in total. The maximum Gasteiger partial charge on any atom is -0.00671 e. The molecule has 0 N–H and O–H groups in total. The van der Waals surface area contributed by atoms with Crippen molar-refractivity contribution in [3.05, 3.63) is 0 Å². The van der Waals surface area contributed by atoms with Crippen LogP contribution in [0.25, 0.3) is 0 Å². The van der Waals surface area contributed by atoms with Gasteiger partial charge in [-0.25, -0.2) is 0 Å². The van der Waals surface area contributed by atoms with E-state index < -0.39 is 0 Å². The van der Waals surface area contributed by atoms with Gasteiger partial charge in [0.1, 0.15) is 0 Å². The van der Waals surface area contributed by atoms with Crippen molar-refractivity contribution in [3.8, 4) is 0 Å². The van der Waals surface area contributed by atoms with Gasteiger partial charge in [0, 0.05) is 0 Å². The largest absolute Gasteiger partial charge is 0.179 e. The summed E-state index contributed by atoms with van der Waals surface area (Å²) in [5.74, 6) is 3.56. The Morgan fingerprint density at radius 1 is 0.923 bits per heavy atom. The zero-order valence-electron chi connectivity index (χ0n) is 9.71. The van der Waals surface area contributed by atoms with Crippen molar-refractivity contribution in [1.29, 1.82) is 0 Å². The first-order chi connectivity index (χ1) is 6.07. The molecule has 0 spiro atoms. The van der Waals surface area contributed by atoms with Crippen LogP contribution in [0.3, 0.4) is 0 Å². The zero-order valence-corrected chi connectivity index (χ0v) is 10.6. The first kappa shape index (κ1) is 13.4.